The molecule has 0 radical (unpaired) electrons. The van der Waals surface area contributed by atoms with Gasteiger partial charge in [0, 0.05) is 10.0 Å². The Morgan fingerprint density at radius 2 is 1.97 bits per heavy atom. The molecule has 7 nitrogen and oxygen atoms in total. The smallest absolute Gasteiger partial charge is 0.363 e. The second kappa shape index (κ2) is 10.1. The number of hydrogen-bond acceptors (Lipinski definition) is 7. The van der Waals surface area contributed by atoms with E-state index in [0.717, 1.165) is 10.0 Å². The minimum Gasteiger partial charge on any atom is -0.493 e. The Balaban J connectivity index is 1.87. The number of ether oxygens (including phenoxy) is 4. The number of rotatable bonds is 7. The standard InChI is InChI=1S/C22H19Br2NO6/c1-4-29-19(26)11-30-20-16(24)8-13(10-18(20)28-3)9-17-22(27)31-21(25-17)14-5-6-15(23)12(2)7-14/h5-10H,4,11H2,1-3H3/b17-9-. The highest BCUT2D eigenvalue weighted by atomic mass is 79.9. The van der Waals surface area contributed by atoms with Gasteiger partial charge in [-0.15, -0.1) is 0 Å². The van der Waals surface area contributed by atoms with Gasteiger partial charge in [-0.3, -0.25) is 0 Å². The number of carbonyl (C=O) groups is 2. The number of hydrogen-bond donors (Lipinski definition) is 0. The molecule has 9 heteroatoms. The quantitative estimate of drug-likeness (QED) is 0.362. The zero-order chi connectivity index (χ0) is 22.5. The van der Waals surface area contributed by atoms with Crippen LogP contribution in [0.4, 0.5) is 0 Å². The normalized spacial score (nSPS) is 14.3. The molecule has 3 rings (SSSR count). The first kappa shape index (κ1) is 23.0. The van der Waals surface area contributed by atoms with Crippen molar-refractivity contribution < 1.29 is 28.5 Å². The van der Waals surface area contributed by atoms with Gasteiger partial charge in [0.1, 0.15) is 0 Å². The molecule has 0 atom stereocenters. The first-order valence-electron chi connectivity index (χ1n) is 9.27. The zero-order valence-corrected chi connectivity index (χ0v) is 20.2. The van der Waals surface area contributed by atoms with Crippen LogP contribution >= 0.6 is 31.9 Å². The summed E-state index contributed by atoms with van der Waals surface area (Å²) in [7, 11) is 1.48. The first-order chi connectivity index (χ1) is 14.8. The Kier molecular flexibility index (Phi) is 7.50. The molecule has 0 spiro atoms. The largest absolute Gasteiger partial charge is 0.493 e. The minimum atomic E-state index is -0.548. The summed E-state index contributed by atoms with van der Waals surface area (Å²) in [5.74, 6) is -0.0622. The number of nitrogens with zero attached hydrogens (tertiary/aromatic N) is 1. The van der Waals surface area contributed by atoms with E-state index in [-0.39, 0.29) is 24.8 Å². The highest BCUT2D eigenvalue weighted by molar-refractivity contribution is 9.10. The number of methoxy groups -OCH3 is 1. The lowest BCUT2D eigenvalue weighted by Gasteiger charge is -2.13. The predicted molar refractivity (Wildman–Crippen MR) is 122 cm³/mol. The molecule has 0 N–H and O–H groups in total. The van der Waals surface area contributed by atoms with Crippen LogP contribution in [0, 0.1) is 6.92 Å². The summed E-state index contributed by atoms with van der Waals surface area (Å²) in [6.07, 6.45) is 1.59. The van der Waals surface area contributed by atoms with Gasteiger partial charge in [-0.05, 0) is 77.3 Å². The van der Waals surface area contributed by atoms with Gasteiger partial charge in [-0.25, -0.2) is 14.6 Å². The van der Waals surface area contributed by atoms with E-state index in [9.17, 15) is 9.59 Å². The Labute approximate surface area is 196 Å². The third-order valence-electron chi connectivity index (χ3n) is 4.22. The minimum absolute atomic E-state index is 0.157. The number of aryl methyl sites for hydroxylation is 1. The van der Waals surface area contributed by atoms with Crippen LogP contribution in [-0.2, 0) is 19.1 Å². The van der Waals surface area contributed by atoms with Crippen LogP contribution in [0.1, 0.15) is 23.6 Å². The van der Waals surface area contributed by atoms with E-state index in [1.54, 1.807) is 25.1 Å². The van der Waals surface area contributed by atoms with Crippen LogP contribution in [0.5, 0.6) is 11.5 Å². The van der Waals surface area contributed by atoms with Crippen molar-refractivity contribution in [2.45, 2.75) is 13.8 Å². The van der Waals surface area contributed by atoms with Gasteiger partial charge in [-0.1, -0.05) is 15.9 Å². The number of benzene rings is 2. The van der Waals surface area contributed by atoms with Gasteiger partial charge >= 0.3 is 11.9 Å². The van der Waals surface area contributed by atoms with Crippen LogP contribution < -0.4 is 9.47 Å². The third kappa shape index (κ3) is 5.54. The Morgan fingerprint density at radius 3 is 2.65 bits per heavy atom. The molecule has 1 heterocycles. The molecule has 1 aliphatic rings. The fraction of sp³-hybridized carbons (Fsp3) is 0.227. The van der Waals surface area contributed by atoms with Crippen LogP contribution in [0.3, 0.4) is 0 Å². The van der Waals surface area contributed by atoms with Crippen molar-refractivity contribution >= 4 is 55.8 Å². The number of carbonyl (C=O) groups excluding carboxylic acids is 2. The molecule has 0 bridgehead atoms. The van der Waals surface area contributed by atoms with E-state index in [2.05, 4.69) is 36.9 Å². The van der Waals surface area contributed by atoms with E-state index < -0.39 is 11.9 Å². The van der Waals surface area contributed by atoms with E-state index in [4.69, 9.17) is 18.9 Å². The van der Waals surface area contributed by atoms with Crippen LogP contribution in [-0.4, -0.2) is 38.2 Å². The summed E-state index contributed by atoms with van der Waals surface area (Å²) in [5.41, 5.74) is 2.50. The summed E-state index contributed by atoms with van der Waals surface area (Å²) < 4.78 is 22.6. The van der Waals surface area contributed by atoms with Crippen molar-refractivity contribution in [3.8, 4) is 11.5 Å². The predicted octanol–water partition coefficient (Wildman–Crippen LogP) is 4.82. The van der Waals surface area contributed by atoms with Crippen molar-refractivity contribution in [1.82, 2.24) is 0 Å². The maximum Gasteiger partial charge on any atom is 0.363 e. The summed E-state index contributed by atoms with van der Waals surface area (Å²) >= 11 is 6.86. The summed E-state index contributed by atoms with van der Waals surface area (Å²) in [6.45, 7) is 3.68. The molecule has 2 aromatic rings. The SMILES string of the molecule is CCOC(=O)COc1c(Br)cc(/C=C2\N=C(c3ccc(Br)c(C)c3)OC2=O)cc1OC. The molecule has 0 aromatic heterocycles. The Morgan fingerprint density at radius 1 is 1.19 bits per heavy atom. The summed E-state index contributed by atoms with van der Waals surface area (Å²) in [5, 5.41) is 0. The average Bonchev–Trinajstić information content (AvgIpc) is 3.09. The Hall–Kier alpha value is -2.65. The lowest BCUT2D eigenvalue weighted by atomic mass is 10.1. The van der Waals surface area contributed by atoms with E-state index in [1.165, 1.54) is 7.11 Å². The highest BCUT2D eigenvalue weighted by Crippen LogP contribution is 2.37. The van der Waals surface area contributed by atoms with Gasteiger partial charge in [0.05, 0.1) is 18.2 Å². The van der Waals surface area contributed by atoms with Crippen molar-refractivity contribution in [2.24, 2.45) is 4.99 Å². The molecule has 2 aromatic carbocycles. The summed E-state index contributed by atoms with van der Waals surface area (Å²) in [6, 6.07) is 8.97. The molecule has 0 saturated heterocycles. The van der Waals surface area contributed by atoms with E-state index in [1.807, 2.05) is 25.1 Å². The molecule has 0 saturated carbocycles. The number of cyclic esters (lactones) is 1. The second-order valence-corrected chi connectivity index (χ2v) is 8.14. The molecular weight excluding hydrogens is 534 g/mol. The first-order valence-corrected chi connectivity index (χ1v) is 10.9. The van der Waals surface area contributed by atoms with E-state index in [0.29, 0.717) is 27.1 Å². The molecule has 162 valence electrons. The monoisotopic (exact) mass is 551 g/mol. The lowest BCUT2D eigenvalue weighted by molar-refractivity contribution is -0.145. The second-order valence-electron chi connectivity index (χ2n) is 6.43. The van der Waals surface area contributed by atoms with E-state index >= 15 is 0 Å². The Bertz CT molecular complexity index is 1090. The number of halogens is 2. The maximum absolute atomic E-state index is 12.3. The average molecular weight is 553 g/mol. The van der Waals surface area contributed by atoms with Crippen molar-refractivity contribution in [3.05, 3.63) is 61.7 Å². The van der Waals surface area contributed by atoms with Crippen molar-refractivity contribution in [3.63, 3.8) is 0 Å². The number of esters is 2. The van der Waals surface area contributed by atoms with Crippen LogP contribution in [0.25, 0.3) is 6.08 Å². The molecule has 0 unspecified atom stereocenters. The van der Waals surface area contributed by atoms with Gasteiger partial charge in [0.15, 0.2) is 23.8 Å². The third-order valence-corrected chi connectivity index (χ3v) is 5.70. The fourth-order valence-electron chi connectivity index (χ4n) is 2.77. The zero-order valence-electron chi connectivity index (χ0n) is 17.0. The summed E-state index contributed by atoms with van der Waals surface area (Å²) in [4.78, 5) is 28.2. The van der Waals surface area contributed by atoms with Crippen molar-refractivity contribution in [1.29, 1.82) is 0 Å². The van der Waals surface area contributed by atoms with Gasteiger partial charge in [-0.2, -0.15) is 0 Å². The van der Waals surface area contributed by atoms with Crippen LogP contribution in [0.2, 0.25) is 0 Å². The van der Waals surface area contributed by atoms with Crippen LogP contribution in [0.15, 0.2) is 50.0 Å². The van der Waals surface area contributed by atoms with Gasteiger partial charge in [0.25, 0.3) is 0 Å². The van der Waals surface area contributed by atoms with Gasteiger partial charge < -0.3 is 18.9 Å². The molecule has 0 amide bonds. The molecule has 1 aliphatic heterocycles. The molecule has 0 fully saturated rings. The van der Waals surface area contributed by atoms with Gasteiger partial charge in [0.2, 0.25) is 5.90 Å². The molecule has 31 heavy (non-hydrogen) atoms. The maximum atomic E-state index is 12.3. The fourth-order valence-corrected chi connectivity index (χ4v) is 3.59. The molecule has 0 aliphatic carbocycles. The lowest BCUT2D eigenvalue weighted by Crippen LogP contribution is -2.15. The number of aliphatic imine (C=N–C) groups is 1. The topological polar surface area (TPSA) is 83.4 Å². The highest BCUT2D eigenvalue weighted by Gasteiger charge is 2.25. The molecular formula is C22H19Br2NO6. The van der Waals surface area contributed by atoms with Crippen molar-refractivity contribution in [2.75, 3.05) is 20.3 Å².